The molecule has 1 aromatic carbocycles. The molecule has 1 amide bonds. The van der Waals surface area contributed by atoms with Gasteiger partial charge in [0.15, 0.2) is 0 Å². The Balaban J connectivity index is 2.22. The number of nitrogens with zero attached hydrogens (tertiary/aromatic N) is 2. The van der Waals surface area contributed by atoms with E-state index in [1.54, 1.807) is 11.6 Å². The molecule has 0 aliphatic rings. The molecule has 1 aromatic heterocycles. The summed E-state index contributed by atoms with van der Waals surface area (Å²) in [5.74, 6) is -0.207. The van der Waals surface area contributed by atoms with Crippen LogP contribution in [0.3, 0.4) is 0 Å². The van der Waals surface area contributed by atoms with E-state index in [4.69, 9.17) is 16.7 Å². The summed E-state index contributed by atoms with van der Waals surface area (Å²) in [6.07, 6.45) is 0. The van der Waals surface area contributed by atoms with Gasteiger partial charge in [0.1, 0.15) is 0 Å². The smallest absolute Gasteiger partial charge is 0.255 e. The highest BCUT2D eigenvalue weighted by atomic mass is 35.5. The van der Waals surface area contributed by atoms with Gasteiger partial charge >= 0.3 is 0 Å². The molecule has 0 fully saturated rings. The summed E-state index contributed by atoms with van der Waals surface area (Å²) in [5.41, 5.74) is 3.11. The third kappa shape index (κ3) is 3.62. The van der Waals surface area contributed by atoms with Gasteiger partial charge in [-0.2, -0.15) is 5.10 Å². The van der Waals surface area contributed by atoms with Crippen LogP contribution in [0.15, 0.2) is 24.3 Å². The number of aryl methyl sites for hydroxylation is 1. The number of carbonyl (C=O) groups is 1. The van der Waals surface area contributed by atoms with Crippen molar-refractivity contribution in [1.82, 2.24) is 15.1 Å². The first-order valence-electron chi connectivity index (χ1n) is 6.70. The third-order valence-corrected chi connectivity index (χ3v) is 3.50. The van der Waals surface area contributed by atoms with Crippen LogP contribution in [0.4, 0.5) is 0 Å². The number of aromatic nitrogens is 2. The summed E-state index contributed by atoms with van der Waals surface area (Å²) in [4.78, 5) is 12.1. The Morgan fingerprint density at radius 3 is 2.62 bits per heavy atom. The van der Waals surface area contributed by atoms with Crippen LogP contribution in [0.25, 0.3) is 0 Å². The molecule has 2 aromatic rings. The van der Waals surface area contributed by atoms with Crippen LogP contribution in [-0.2, 0) is 6.54 Å². The quantitative estimate of drug-likeness (QED) is 0.887. The second-order valence-corrected chi connectivity index (χ2v) is 5.25. The van der Waals surface area contributed by atoms with Gasteiger partial charge in [-0.1, -0.05) is 23.7 Å². The van der Waals surface area contributed by atoms with Crippen LogP contribution >= 0.6 is 11.6 Å². The van der Waals surface area contributed by atoms with Gasteiger partial charge < -0.3 is 10.4 Å². The molecule has 6 heteroatoms. The van der Waals surface area contributed by atoms with E-state index >= 15 is 0 Å². The van der Waals surface area contributed by atoms with Crippen molar-refractivity contribution in [2.45, 2.75) is 20.4 Å². The first-order valence-corrected chi connectivity index (χ1v) is 7.08. The minimum Gasteiger partial charge on any atom is -0.395 e. The number of carbonyl (C=O) groups excluding carboxylic acids is 1. The molecule has 0 spiro atoms. The average molecular weight is 308 g/mol. The zero-order chi connectivity index (χ0) is 15.4. The Hall–Kier alpha value is -1.85. The van der Waals surface area contributed by atoms with Crippen molar-refractivity contribution in [2.75, 3.05) is 13.2 Å². The number of hydrogen-bond acceptors (Lipinski definition) is 3. The number of hydrogen-bond donors (Lipinski definition) is 2. The Bertz CT molecular complexity index is 635. The normalized spacial score (nSPS) is 10.7. The maximum absolute atomic E-state index is 12.1. The van der Waals surface area contributed by atoms with E-state index in [9.17, 15) is 4.79 Å². The van der Waals surface area contributed by atoms with Crippen LogP contribution in [-0.4, -0.2) is 33.9 Å². The third-order valence-electron chi connectivity index (χ3n) is 3.25. The van der Waals surface area contributed by atoms with Crippen molar-refractivity contribution in [3.8, 4) is 0 Å². The second kappa shape index (κ2) is 6.74. The van der Waals surface area contributed by atoms with E-state index in [2.05, 4.69) is 10.4 Å². The van der Waals surface area contributed by atoms with Crippen molar-refractivity contribution in [2.24, 2.45) is 0 Å². The fourth-order valence-electron chi connectivity index (χ4n) is 2.20. The predicted octanol–water partition coefficient (Wildman–Crippen LogP) is 1.92. The highest BCUT2D eigenvalue weighted by molar-refractivity contribution is 6.30. The standard InChI is InChI=1S/C15H18ClN3O2/c1-10-14(15(21)17-7-8-20)11(2)19(18-10)9-12-3-5-13(16)6-4-12/h3-6,20H,7-9H2,1-2H3,(H,17,21). The minimum atomic E-state index is -0.207. The van der Waals surface area contributed by atoms with Gasteiger partial charge in [-0.3, -0.25) is 9.48 Å². The molecular formula is C15H18ClN3O2. The van der Waals surface area contributed by atoms with E-state index in [1.165, 1.54) is 0 Å². The maximum Gasteiger partial charge on any atom is 0.255 e. The van der Waals surface area contributed by atoms with E-state index in [-0.39, 0.29) is 19.1 Å². The van der Waals surface area contributed by atoms with Crippen molar-refractivity contribution in [1.29, 1.82) is 0 Å². The van der Waals surface area contributed by atoms with Crippen LogP contribution in [0.5, 0.6) is 0 Å². The molecule has 2 rings (SSSR count). The molecule has 5 nitrogen and oxygen atoms in total. The number of nitrogens with one attached hydrogen (secondary N) is 1. The van der Waals surface area contributed by atoms with Crippen LogP contribution in [0.1, 0.15) is 27.3 Å². The molecule has 0 atom stereocenters. The molecule has 0 aliphatic carbocycles. The van der Waals surface area contributed by atoms with E-state index < -0.39 is 0 Å². The fourth-order valence-corrected chi connectivity index (χ4v) is 2.33. The molecule has 21 heavy (non-hydrogen) atoms. The van der Waals surface area contributed by atoms with Gasteiger partial charge in [0.2, 0.25) is 0 Å². The number of rotatable bonds is 5. The Morgan fingerprint density at radius 2 is 2.00 bits per heavy atom. The average Bonchev–Trinajstić information content (AvgIpc) is 2.73. The van der Waals surface area contributed by atoms with Gasteiger partial charge in [-0.15, -0.1) is 0 Å². The number of aliphatic hydroxyl groups excluding tert-OH is 1. The van der Waals surface area contributed by atoms with Gasteiger partial charge in [-0.05, 0) is 31.5 Å². The molecule has 0 radical (unpaired) electrons. The molecular weight excluding hydrogens is 290 g/mol. The predicted molar refractivity (Wildman–Crippen MR) is 81.7 cm³/mol. The van der Waals surface area contributed by atoms with Crippen molar-refractivity contribution >= 4 is 17.5 Å². The Morgan fingerprint density at radius 1 is 1.33 bits per heavy atom. The lowest BCUT2D eigenvalue weighted by molar-refractivity contribution is 0.0943. The minimum absolute atomic E-state index is 0.0806. The number of benzene rings is 1. The van der Waals surface area contributed by atoms with Gasteiger partial charge in [0.25, 0.3) is 5.91 Å². The SMILES string of the molecule is Cc1nn(Cc2ccc(Cl)cc2)c(C)c1C(=O)NCCO. The summed E-state index contributed by atoms with van der Waals surface area (Å²) in [6, 6.07) is 7.53. The highest BCUT2D eigenvalue weighted by Gasteiger charge is 2.18. The van der Waals surface area contributed by atoms with Gasteiger partial charge in [0, 0.05) is 17.3 Å². The summed E-state index contributed by atoms with van der Waals surface area (Å²) < 4.78 is 1.80. The number of aliphatic hydroxyl groups is 1. The maximum atomic E-state index is 12.1. The van der Waals surface area contributed by atoms with Crippen molar-refractivity contribution in [3.05, 3.63) is 51.8 Å². The fraction of sp³-hybridized carbons (Fsp3) is 0.333. The van der Waals surface area contributed by atoms with E-state index in [0.29, 0.717) is 22.8 Å². The summed E-state index contributed by atoms with van der Waals surface area (Å²) in [7, 11) is 0. The zero-order valence-electron chi connectivity index (χ0n) is 12.1. The van der Waals surface area contributed by atoms with E-state index in [1.807, 2.05) is 31.2 Å². The summed E-state index contributed by atoms with van der Waals surface area (Å²) >= 11 is 5.87. The van der Waals surface area contributed by atoms with Crippen LogP contribution in [0.2, 0.25) is 5.02 Å². The topological polar surface area (TPSA) is 67.2 Å². The zero-order valence-corrected chi connectivity index (χ0v) is 12.8. The summed E-state index contributed by atoms with van der Waals surface area (Å²) in [5, 5.41) is 16.5. The monoisotopic (exact) mass is 307 g/mol. The van der Waals surface area contributed by atoms with Gasteiger partial charge in [0.05, 0.1) is 24.4 Å². The van der Waals surface area contributed by atoms with Crippen molar-refractivity contribution in [3.63, 3.8) is 0 Å². The van der Waals surface area contributed by atoms with E-state index in [0.717, 1.165) is 11.3 Å². The second-order valence-electron chi connectivity index (χ2n) is 4.81. The molecule has 112 valence electrons. The Labute approximate surface area is 128 Å². The lowest BCUT2D eigenvalue weighted by atomic mass is 10.1. The molecule has 0 bridgehead atoms. The molecule has 2 N–H and O–H groups in total. The summed E-state index contributed by atoms with van der Waals surface area (Å²) in [6.45, 7) is 4.41. The molecule has 0 unspecified atom stereocenters. The van der Waals surface area contributed by atoms with Crippen LogP contribution < -0.4 is 5.32 Å². The molecule has 0 aliphatic heterocycles. The lowest BCUT2D eigenvalue weighted by Crippen LogP contribution is -2.27. The molecule has 1 heterocycles. The van der Waals surface area contributed by atoms with Crippen LogP contribution in [0, 0.1) is 13.8 Å². The Kier molecular flexibility index (Phi) is 4.98. The largest absolute Gasteiger partial charge is 0.395 e. The number of amides is 1. The van der Waals surface area contributed by atoms with Gasteiger partial charge in [-0.25, -0.2) is 0 Å². The number of halogens is 1. The lowest BCUT2D eigenvalue weighted by Gasteiger charge is -2.06. The first kappa shape index (κ1) is 15.5. The molecule has 0 saturated carbocycles. The first-order chi connectivity index (χ1) is 10.0. The molecule has 0 saturated heterocycles. The van der Waals surface area contributed by atoms with Crippen molar-refractivity contribution < 1.29 is 9.90 Å². The highest BCUT2D eigenvalue weighted by Crippen LogP contribution is 2.16.